The summed E-state index contributed by atoms with van der Waals surface area (Å²) in [7, 11) is 0. The average molecular weight is 324 g/mol. The Bertz CT molecular complexity index is 539. The van der Waals surface area contributed by atoms with Gasteiger partial charge in [0, 0.05) is 13.1 Å². The van der Waals surface area contributed by atoms with Crippen LogP contribution in [0.1, 0.15) is 31.7 Å². The molecule has 0 spiro atoms. The number of carbonyl (C=O) groups is 1. The molecule has 0 saturated carbocycles. The smallest absolute Gasteiger partial charge is 0.240 e. The van der Waals surface area contributed by atoms with Crippen LogP contribution in [0.5, 0.6) is 11.5 Å². The van der Waals surface area contributed by atoms with E-state index in [2.05, 4.69) is 12.1 Å². The van der Waals surface area contributed by atoms with Gasteiger partial charge in [-0.2, -0.15) is 0 Å². The number of alkyl halides is 1. The molecule has 1 aromatic rings. The number of carbonyl (C=O) groups excluding carboxylic acids is 1. The van der Waals surface area contributed by atoms with Crippen LogP contribution in [-0.4, -0.2) is 36.1 Å². The third-order valence-corrected chi connectivity index (χ3v) is 4.73. The van der Waals surface area contributed by atoms with Gasteiger partial charge in [0.25, 0.3) is 0 Å². The summed E-state index contributed by atoms with van der Waals surface area (Å²) in [6.45, 7) is 3.74. The van der Waals surface area contributed by atoms with Crippen molar-refractivity contribution in [2.75, 3.05) is 19.9 Å². The highest BCUT2D eigenvalue weighted by molar-refractivity contribution is 6.30. The first kappa shape index (κ1) is 15.5. The summed E-state index contributed by atoms with van der Waals surface area (Å²) in [6.07, 6.45) is 4.33. The van der Waals surface area contributed by atoms with Gasteiger partial charge in [0.2, 0.25) is 12.7 Å². The highest BCUT2D eigenvalue weighted by Crippen LogP contribution is 2.33. The maximum absolute atomic E-state index is 11.9. The summed E-state index contributed by atoms with van der Waals surface area (Å²) in [5, 5.41) is -0.412. The Labute approximate surface area is 136 Å². The number of ether oxygens (including phenoxy) is 2. The van der Waals surface area contributed by atoms with Gasteiger partial charge in [0.15, 0.2) is 11.5 Å². The Morgan fingerprint density at radius 3 is 2.77 bits per heavy atom. The normalized spacial score (nSPS) is 19.3. The molecule has 1 saturated heterocycles. The molecule has 3 rings (SSSR count). The Morgan fingerprint density at radius 2 is 2.05 bits per heavy atom. The molecule has 0 unspecified atom stereocenters. The maximum Gasteiger partial charge on any atom is 0.240 e. The van der Waals surface area contributed by atoms with Crippen molar-refractivity contribution in [2.24, 2.45) is 5.92 Å². The van der Waals surface area contributed by atoms with E-state index in [9.17, 15) is 4.79 Å². The first-order chi connectivity index (χ1) is 10.6. The van der Waals surface area contributed by atoms with E-state index < -0.39 is 5.38 Å². The molecule has 5 heteroatoms. The lowest BCUT2D eigenvalue weighted by molar-refractivity contribution is -0.131. The molecule has 0 N–H and O–H groups in total. The number of amides is 1. The maximum atomic E-state index is 11.9. The van der Waals surface area contributed by atoms with Crippen LogP contribution in [0.2, 0.25) is 0 Å². The van der Waals surface area contributed by atoms with E-state index in [-0.39, 0.29) is 5.91 Å². The first-order valence-electron chi connectivity index (χ1n) is 7.95. The summed E-state index contributed by atoms with van der Waals surface area (Å²) in [5.41, 5.74) is 1.29. The van der Waals surface area contributed by atoms with Crippen LogP contribution < -0.4 is 9.47 Å². The Morgan fingerprint density at radius 1 is 1.32 bits per heavy atom. The van der Waals surface area contributed by atoms with E-state index in [0.717, 1.165) is 50.3 Å². The number of rotatable bonds is 4. The molecule has 1 amide bonds. The van der Waals surface area contributed by atoms with E-state index in [1.165, 1.54) is 5.56 Å². The number of halogens is 1. The second-order valence-electron chi connectivity index (χ2n) is 6.11. The Balaban J connectivity index is 1.46. The van der Waals surface area contributed by atoms with Gasteiger partial charge in [-0.25, -0.2) is 0 Å². The Hall–Kier alpha value is -1.42. The van der Waals surface area contributed by atoms with Crippen LogP contribution in [0.3, 0.4) is 0 Å². The highest BCUT2D eigenvalue weighted by Gasteiger charge is 2.25. The molecular formula is C17H22ClNO3. The number of fused-ring (bicyclic) bond motifs is 1. The number of aryl methyl sites for hydroxylation is 1. The molecular weight excluding hydrogens is 302 g/mol. The zero-order valence-electron chi connectivity index (χ0n) is 12.9. The minimum atomic E-state index is -0.412. The number of piperidine rings is 1. The number of likely N-dealkylation sites (tertiary alicyclic amines) is 1. The van der Waals surface area contributed by atoms with Gasteiger partial charge in [0.1, 0.15) is 5.38 Å². The fourth-order valence-electron chi connectivity index (χ4n) is 3.16. The average Bonchev–Trinajstić information content (AvgIpc) is 3.00. The van der Waals surface area contributed by atoms with Crippen molar-refractivity contribution in [3.05, 3.63) is 23.8 Å². The predicted octanol–water partition coefficient (Wildman–Crippen LogP) is 3.21. The van der Waals surface area contributed by atoms with Gasteiger partial charge >= 0.3 is 0 Å². The van der Waals surface area contributed by atoms with Crippen molar-refractivity contribution >= 4 is 17.5 Å². The number of benzene rings is 1. The van der Waals surface area contributed by atoms with Crippen LogP contribution in [0, 0.1) is 5.92 Å². The van der Waals surface area contributed by atoms with E-state index in [1.807, 2.05) is 11.0 Å². The fraction of sp³-hybridized carbons (Fsp3) is 0.588. The third kappa shape index (κ3) is 3.49. The number of hydrogen-bond acceptors (Lipinski definition) is 3. The minimum Gasteiger partial charge on any atom is -0.454 e. The van der Waals surface area contributed by atoms with Crippen molar-refractivity contribution in [2.45, 2.75) is 38.0 Å². The lowest BCUT2D eigenvalue weighted by Gasteiger charge is -2.32. The van der Waals surface area contributed by atoms with Gasteiger partial charge < -0.3 is 14.4 Å². The van der Waals surface area contributed by atoms with Crippen molar-refractivity contribution in [1.82, 2.24) is 4.90 Å². The molecule has 2 heterocycles. The van der Waals surface area contributed by atoms with E-state index in [0.29, 0.717) is 12.7 Å². The SMILES string of the molecule is C[C@H](Cl)C(=O)N1CCC(CCc2ccc3c(c2)OCO3)CC1. The van der Waals surface area contributed by atoms with E-state index >= 15 is 0 Å². The van der Waals surface area contributed by atoms with Crippen LogP contribution in [0.4, 0.5) is 0 Å². The molecule has 0 bridgehead atoms. The lowest BCUT2D eigenvalue weighted by atomic mass is 9.90. The topological polar surface area (TPSA) is 38.8 Å². The van der Waals surface area contributed by atoms with Gasteiger partial charge in [-0.05, 0) is 56.2 Å². The van der Waals surface area contributed by atoms with Gasteiger partial charge in [-0.3, -0.25) is 4.79 Å². The van der Waals surface area contributed by atoms with E-state index in [4.69, 9.17) is 21.1 Å². The molecule has 0 radical (unpaired) electrons. The summed E-state index contributed by atoms with van der Waals surface area (Å²) in [5.74, 6) is 2.44. The molecule has 22 heavy (non-hydrogen) atoms. The summed E-state index contributed by atoms with van der Waals surface area (Å²) >= 11 is 5.87. The molecule has 120 valence electrons. The molecule has 1 aromatic carbocycles. The standard InChI is InChI=1S/C17H22ClNO3/c1-12(18)17(20)19-8-6-13(7-9-19)2-3-14-4-5-15-16(10-14)22-11-21-15/h4-5,10,12-13H,2-3,6-9,11H2,1H3/t12-/m0/s1. The van der Waals surface area contributed by atoms with Crippen LogP contribution in [0.15, 0.2) is 18.2 Å². The van der Waals surface area contributed by atoms with Gasteiger partial charge in [0.05, 0.1) is 0 Å². The second-order valence-corrected chi connectivity index (χ2v) is 6.77. The molecule has 2 aliphatic rings. The molecule has 4 nitrogen and oxygen atoms in total. The van der Waals surface area contributed by atoms with Crippen molar-refractivity contribution < 1.29 is 14.3 Å². The molecule has 0 aromatic heterocycles. The van der Waals surface area contributed by atoms with Crippen molar-refractivity contribution in [1.29, 1.82) is 0 Å². The predicted molar refractivity (Wildman–Crippen MR) is 85.5 cm³/mol. The molecule has 1 atom stereocenters. The lowest BCUT2D eigenvalue weighted by Crippen LogP contribution is -2.41. The fourth-order valence-corrected chi connectivity index (χ4v) is 3.30. The van der Waals surface area contributed by atoms with Crippen LogP contribution >= 0.6 is 11.6 Å². The number of nitrogens with zero attached hydrogens (tertiary/aromatic N) is 1. The molecule has 1 fully saturated rings. The zero-order valence-corrected chi connectivity index (χ0v) is 13.6. The third-order valence-electron chi connectivity index (χ3n) is 4.54. The van der Waals surface area contributed by atoms with Crippen molar-refractivity contribution in [3.63, 3.8) is 0 Å². The highest BCUT2D eigenvalue weighted by atomic mass is 35.5. The van der Waals surface area contributed by atoms with Crippen molar-refractivity contribution in [3.8, 4) is 11.5 Å². The van der Waals surface area contributed by atoms with Crippen LogP contribution in [-0.2, 0) is 11.2 Å². The largest absolute Gasteiger partial charge is 0.454 e. The summed E-state index contributed by atoms with van der Waals surface area (Å²) in [6, 6.07) is 6.18. The Kier molecular flexibility index (Phi) is 4.77. The van der Waals surface area contributed by atoms with E-state index in [1.54, 1.807) is 6.92 Å². The molecule has 0 aliphatic carbocycles. The number of hydrogen-bond donors (Lipinski definition) is 0. The quantitative estimate of drug-likeness (QED) is 0.799. The summed E-state index contributed by atoms with van der Waals surface area (Å²) < 4.78 is 10.7. The minimum absolute atomic E-state index is 0.0656. The second kappa shape index (κ2) is 6.78. The summed E-state index contributed by atoms with van der Waals surface area (Å²) in [4.78, 5) is 13.8. The van der Waals surface area contributed by atoms with Crippen LogP contribution in [0.25, 0.3) is 0 Å². The first-order valence-corrected chi connectivity index (χ1v) is 8.38. The zero-order chi connectivity index (χ0) is 15.5. The molecule has 2 aliphatic heterocycles. The van der Waals surface area contributed by atoms with Gasteiger partial charge in [-0.1, -0.05) is 6.07 Å². The van der Waals surface area contributed by atoms with Gasteiger partial charge in [-0.15, -0.1) is 11.6 Å². The monoisotopic (exact) mass is 323 g/mol.